The lowest BCUT2D eigenvalue weighted by Gasteiger charge is -2.06. The van der Waals surface area contributed by atoms with Crippen LogP contribution in [0, 0.1) is 0 Å². The van der Waals surface area contributed by atoms with Crippen LogP contribution in [0.5, 0.6) is 0 Å². The maximum absolute atomic E-state index is 12.1. The van der Waals surface area contributed by atoms with Crippen LogP contribution in [0.15, 0.2) is 29.6 Å². The summed E-state index contributed by atoms with van der Waals surface area (Å²) in [5.41, 5.74) is 7.82. The van der Waals surface area contributed by atoms with Gasteiger partial charge in [0.1, 0.15) is 0 Å². The lowest BCUT2D eigenvalue weighted by atomic mass is 10.2. The highest BCUT2D eigenvalue weighted by molar-refractivity contribution is 7.12. The van der Waals surface area contributed by atoms with Crippen molar-refractivity contribution >= 4 is 40.2 Å². The zero-order valence-electron chi connectivity index (χ0n) is 9.87. The Balaban J connectivity index is 2.19. The fourth-order valence-electron chi connectivity index (χ4n) is 1.61. The van der Waals surface area contributed by atoms with Crippen LogP contribution in [0.1, 0.15) is 22.2 Å². The number of nitrogens with one attached hydrogen (secondary N) is 1. The first-order chi connectivity index (χ1) is 8.61. The van der Waals surface area contributed by atoms with Crippen molar-refractivity contribution in [3.63, 3.8) is 0 Å². The Morgan fingerprint density at radius 1 is 1.44 bits per heavy atom. The van der Waals surface area contributed by atoms with Crippen LogP contribution in [0.3, 0.4) is 0 Å². The number of rotatable bonds is 3. The van der Waals surface area contributed by atoms with Crippen LogP contribution in [0.25, 0.3) is 0 Å². The van der Waals surface area contributed by atoms with E-state index < -0.39 is 0 Å². The fraction of sp³-hybridized carbons (Fsp3) is 0.154. The van der Waals surface area contributed by atoms with Gasteiger partial charge in [0.2, 0.25) is 0 Å². The highest BCUT2D eigenvalue weighted by atomic mass is 35.5. The highest BCUT2D eigenvalue weighted by Gasteiger charge is 2.12. The number of hydrogen-bond donors (Lipinski definition) is 2. The maximum atomic E-state index is 12.1. The van der Waals surface area contributed by atoms with Gasteiger partial charge in [-0.2, -0.15) is 0 Å². The van der Waals surface area contributed by atoms with Crippen molar-refractivity contribution in [2.75, 3.05) is 11.1 Å². The number of benzene rings is 1. The van der Waals surface area contributed by atoms with E-state index in [1.54, 1.807) is 18.2 Å². The van der Waals surface area contributed by atoms with Crippen LogP contribution >= 0.6 is 22.9 Å². The summed E-state index contributed by atoms with van der Waals surface area (Å²) in [6.45, 7) is 2.03. The van der Waals surface area contributed by atoms with Gasteiger partial charge in [0.25, 0.3) is 5.91 Å². The van der Waals surface area contributed by atoms with Gasteiger partial charge >= 0.3 is 0 Å². The van der Waals surface area contributed by atoms with E-state index in [0.717, 1.165) is 16.9 Å². The molecule has 1 aromatic heterocycles. The summed E-state index contributed by atoms with van der Waals surface area (Å²) < 4.78 is 0. The van der Waals surface area contributed by atoms with Crippen LogP contribution in [0.2, 0.25) is 5.02 Å². The van der Waals surface area contributed by atoms with Gasteiger partial charge in [-0.1, -0.05) is 18.5 Å². The van der Waals surface area contributed by atoms with Crippen molar-refractivity contribution in [3.8, 4) is 0 Å². The number of amides is 1. The van der Waals surface area contributed by atoms with Crippen molar-refractivity contribution < 1.29 is 4.79 Å². The van der Waals surface area contributed by atoms with Gasteiger partial charge in [-0.15, -0.1) is 11.3 Å². The van der Waals surface area contributed by atoms with Gasteiger partial charge in [0, 0.05) is 5.69 Å². The SMILES string of the molecule is CCc1ccsc1C(=O)Nc1ccc(N)c(Cl)c1. The minimum Gasteiger partial charge on any atom is -0.398 e. The molecule has 0 unspecified atom stereocenters. The van der Waals surface area contributed by atoms with Gasteiger partial charge in [-0.05, 0) is 41.6 Å². The van der Waals surface area contributed by atoms with E-state index >= 15 is 0 Å². The number of hydrogen-bond acceptors (Lipinski definition) is 3. The van der Waals surface area contributed by atoms with Crippen molar-refractivity contribution in [1.29, 1.82) is 0 Å². The normalized spacial score (nSPS) is 10.3. The number of carbonyl (C=O) groups is 1. The Hall–Kier alpha value is -1.52. The largest absolute Gasteiger partial charge is 0.398 e. The minimum absolute atomic E-state index is 0.109. The van der Waals surface area contributed by atoms with Crippen LogP contribution in [-0.2, 0) is 6.42 Å². The van der Waals surface area contributed by atoms with Gasteiger partial charge in [-0.25, -0.2) is 0 Å². The van der Waals surface area contributed by atoms with E-state index in [1.165, 1.54) is 11.3 Å². The molecule has 0 saturated carbocycles. The summed E-state index contributed by atoms with van der Waals surface area (Å²) in [5.74, 6) is -0.109. The lowest BCUT2D eigenvalue weighted by Crippen LogP contribution is -2.12. The summed E-state index contributed by atoms with van der Waals surface area (Å²) in [5, 5.41) is 5.18. The minimum atomic E-state index is -0.109. The molecule has 18 heavy (non-hydrogen) atoms. The molecule has 0 aliphatic rings. The molecule has 0 aliphatic heterocycles. The molecule has 0 saturated heterocycles. The van der Waals surface area contributed by atoms with Crippen molar-refractivity contribution in [2.24, 2.45) is 0 Å². The Labute approximate surface area is 115 Å². The number of halogens is 1. The molecule has 1 amide bonds. The molecule has 5 heteroatoms. The molecule has 0 radical (unpaired) electrons. The molecule has 0 atom stereocenters. The van der Waals surface area contributed by atoms with Crippen molar-refractivity contribution in [2.45, 2.75) is 13.3 Å². The molecule has 1 aromatic carbocycles. The first-order valence-corrected chi connectivity index (χ1v) is 6.80. The van der Waals surface area contributed by atoms with Crippen LogP contribution < -0.4 is 11.1 Å². The van der Waals surface area contributed by atoms with Gasteiger partial charge < -0.3 is 11.1 Å². The van der Waals surface area contributed by atoms with E-state index in [1.807, 2.05) is 18.4 Å². The topological polar surface area (TPSA) is 55.1 Å². The summed E-state index contributed by atoms with van der Waals surface area (Å²) in [6.07, 6.45) is 0.842. The molecule has 0 bridgehead atoms. The monoisotopic (exact) mass is 280 g/mol. The van der Waals surface area contributed by atoms with Gasteiger partial charge in [0.05, 0.1) is 15.6 Å². The highest BCUT2D eigenvalue weighted by Crippen LogP contribution is 2.24. The number of nitrogens with two attached hydrogens (primary N) is 1. The molecule has 0 spiro atoms. The van der Waals surface area contributed by atoms with Gasteiger partial charge in [-0.3, -0.25) is 4.79 Å². The average Bonchev–Trinajstić information content (AvgIpc) is 2.82. The Morgan fingerprint density at radius 2 is 2.22 bits per heavy atom. The van der Waals surface area contributed by atoms with Crippen LogP contribution in [0.4, 0.5) is 11.4 Å². The van der Waals surface area contributed by atoms with Crippen LogP contribution in [-0.4, -0.2) is 5.91 Å². The van der Waals surface area contributed by atoms with E-state index in [-0.39, 0.29) is 5.91 Å². The standard InChI is InChI=1S/C13H13ClN2OS/c1-2-8-5-6-18-12(8)13(17)16-9-3-4-11(15)10(14)7-9/h3-7H,2,15H2,1H3,(H,16,17). The number of thiophene rings is 1. The van der Waals surface area contributed by atoms with E-state index in [2.05, 4.69) is 5.32 Å². The Morgan fingerprint density at radius 3 is 2.89 bits per heavy atom. The molecule has 0 fully saturated rings. The third-order valence-electron chi connectivity index (χ3n) is 2.59. The molecule has 2 rings (SSSR count). The van der Waals surface area contributed by atoms with Crippen molar-refractivity contribution in [3.05, 3.63) is 45.1 Å². The van der Waals surface area contributed by atoms with E-state index in [9.17, 15) is 4.79 Å². The molecule has 3 nitrogen and oxygen atoms in total. The molecule has 94 valence electrons. The zero-order valence-corrected chi connectivity index (χ0v) is 11.4. The first kappa shape index (κ1) is 12.9. The third kappa shape index (κ3) is 2.66. The molecule has 1 heterocycles. The average molecular weight is 281 g/mol. The summed E-state index contributed by atoms with van der Waals surface area (Å²) in [7, 11) is 0. The number of anilines is 2. The molecule has 2 aromatic rings. The second kappa shape index (κ2) is 5.42. The molecular weight excluding hydrogens is 268 g/mol. The Bertz CT molecular complexity index is 580. The summed E-state index contributed by atoms with van der Waals surface area (Å²) in [6, 6.07) is 7.02. The quantitative estimate of drug-likeness (QED) is 0.840. The van der Waals surface area contributed by atoms with Gasteiger partial charge in [0.15, 0.2) is 0 Å². The fourth-order valence-corrected chi connectivity index (χ4v) is 2.68. The van der Waals surface area contributed by atoms with Crippen molar-refractivity contribution in [1.82, 2.24) is 0 Å². The van der Waals surface area contributed by atoms with E-state index in [0.29, 0.717) is 16.4 Å². The first-order valence-electron chi connectivity index (χ1n) is 5.54. The second-order valence-electron chi connectivity index (χ2n) is 3.82. The van der Waals surface area contributed by atoms with E-state index in [4.69, 9.17) is 17.3 Å². The lowest BCUT2D eigenvalue weighted by molar-refractivity contribution is 0.103. The second-order valence-corrected chi connectivity index (χ2v) is 5.14. The molecular formula is C13H13ClN2OS. The number of nitrogen functional groups attached to an aromatic ring is 1. The Kier molecular flexibility index (Phi) is 3.89. The zero-order chi connectivity index (χ0) is 13.1. The predicted octanol–water partition coefficient (Wildman–Crippen LogP) is 3.80. The molecule has 3 N–H and O–H groups in total. The summed E-state index contributed by atoms with van der Waals surface area (Å²) in [4.78, 5) is 12.8. The number of carbonyl (C=O) groups excluding carboxylic acids is 1. The smallest absolute Gasteiger partial charge is 0.266 e. The summed E-state index contributed by atoms with van der Waals surface area (Å²) >= 11 is 7.35. The maximum Gasteiger partial charge on any atom is 0.266 e. The number of aryl methyl sites for hydroxylation is 1. The third-order valence-corrected chi connectivity index (χ3v) is 3.87. The predicted molar refractivity (Wildman–Crippen MR) is 77.5 cm³/mol. The molecule has 0 aliphatic carbocycles.